The summed E-state index contributed by atoms with van der Waals surface area (Å²) in [5, 5.41) is 0. The van der Waals surface area contributed by atoms with E-state index in [0.717, 1.165) is 74.8 Å². The Morgan fingerprint density at radius 2 is 0.315 bits per heavy atom. The third-order valence-corrected chi connectivity index (χ3v) is 17.5. The van der Waals surface area contributed by atoms with E-state index < -0.39 is 49.9 Å². The first-order valence-corrected chi connectivity index (χ1v) is 39.9. The average Bonchev–Trinajstić information content (AvgIpc) is 2.94. The summed E-state index contributed by atoms with van der Waals surface area (Å²) in [5.41, 5.74) is 16.0. The Morgan fingerprint density at radius 3 is 0.370 bits per heavy atom. The highest BCUT2D eigenvalue weighted by Crippen LogP contribution is 2.37. The molecule has 0 heterocycles. The molecule has 0 saturated heterocycles. The largest absolute Gasteiger partial charge is 0.432 e. The minimum atomic E-state index is -2.29. The summed E-state index contributed by atoms with van der Waals surface area (Å²) in [4.78, 5) is 64.5. The molecule has 312 valence electrons. The van der Waals surface area contributed by atoms with Crippen LogP contribution >= 0.6 is 0 Å². The summed E-state index contributed by atoms with van der Waals surface area (Å²) in [5.74, 6) is 0. The minimum absolute atomic E-state index is 0.754. The standard InChI is InChI=1S/2C21H42O3Si3/c2*1-10-16-19(13-25(4,5)22)17(11-2)21(15-27(8,9)24)18(12-3)20(16)14-26(6,7)23/h2*22-24H,10-15H2,1-9H3. The SMILES string of the molecule is CCc1c(C[Si](C)(C)O)c(CC)c(C[Si](C)(C)O)c(CC)c1C[Si](C)(C)O.CCc1c(C[Si](C)(C)O)c(CC)c(C[Si](C)(C)O)c(CC)c1C[Si](C)(C)O. The smallest absolute Gasteiger partial charge is 0.186 e. The van der Waals surface area contributed by atoms with Gasteiger partial charge in [-0.05, 0) is 220 Å². The lowest BCUT2D eigenvalue weighted by molar-refractivity contribution is 0.543. The number of benzene rings is 2. The molecule has 0 atom stereocenters. The van der Waals surface area contributed by atoms with Gasteiger partial charge in [-0.3, -0.25) is 0 Å². The van der Waals surface area contributed by atoms with Gasteiger partial charge in [-0.25, -0.2) is 0 Å². The van der Waals surface area contributed by atoms with E-state index in [4.69, 9.17) is 0 Å². The summed E-state index contributed by atoms with van der Waals surface area (Å²) < 4.78 is 0. The number of hydrogen-bond acceptors (Lipinski definition) is 6. The fraction of sp³-hybridized carbons (Fsp3) is 0.714. The predicted molar refractivity (Wildman–Crippen MR) is 250 cm³/mol. The molecule has 0 aliphatic heterocycles. The lowest BCUT2D eigenvalue weighted by Gasteiger charge is -2.31. The molecule has 0 saturated carbocycles. The van der Waals surface area contributed by atoms with Crippen molar-refractivity contribution in [2.75, 3.05) is 0 Å². The number of hydrogen-bond donors (Lipinski definition) is 6. The second-order valence-corrected chi connectivity index (χ2v) is 43.7. The number of rotatable bonds is 18. The molecular weight excluding hydrogens is 769 g/mol. The van der Waals surface area contributed by atoms with E-state index in [1.165, 1.54) is 66.8 Å². The molecule has 0 fully saturated rings. The van der Waals surface area contributed by atoms with Crippen LogP contribution < -0.4 is 0 Å². The zero-order valence-corrected chi connectivity index (χ0v) is 44.2. The maximum absolute atomic E-state index is 10.7. The fourth-order valence-electron chi connectivity index (χ4n) is 8.62. The van der Waals surface area contributed by atoms with Gasteiger partial charge < -0.3 is 28.8 Å². The van der Waals surface area contributed by atoms with Gasteiger partial charge in [-0.2, -0.15) is 0 Å². The molecule has 6 nitrogen and oxygen atoms in total. The molecule has 12 heteroatoms. The highest BCUT2D eigenvalue weighted by atomic mass is 28.4. The highest BCUT2D eigenvalue weighted by molar-refractivity contribution is 6.71. The molecule has 2 aromatic carbocycles. The van der Waals surface area contributed by atoms with Gasteiger partial charge in [0.15, 0.2) is 49.9 Å². The van der Waals surface area contributed by atoms with Gasteiger partial charge in [0.05, 0.1) is 0 Å². The Morgan fingerprint density at radius 1 is 0.222 bits per heavy atom. The van der Waals surface area contributed by atoms with Gasteiger partial charge in [0, 0.05) is 0 Å². The van der Waals surface area contributed by atoms with Crippen molar-refractivity contribution < 1.29 is 28.8 Å². The molecule has 2 aromatic rings. The Labute approximate surface area is 338 Å². The molecule has 0 aromatic heterocycles. The van der Waals surface area contributed by atoms with Gasteiger partial charge in [-0.15, -0.1) is 0 Å². The van der Waals surface area contributed by atoms with E-state index in [-0.39, 0.29) is 0 Å². The maximum Gasteiger partial charge on any atom is 0.186 e. The molecular formula is C42H84O6Si6. The predicted octanol–water partition coefficient (Wildman–Crippen LogP) is 8.42. The van der Waals surface area contributed by atoms with Gasteiger partial charge in [0.2, 0.25) is 0 Å². The molecule has 54 heavy (non-hydrogen) atoms. The summed E-state index contributed by atoms with van der Waals surface area (Å²) >= 11 is 0. The van der Waals surface area contributed by atoms with Crippen molar-refractivity contribution >= 4 is 49.9 Å². The quantitative estimate of drug-likeness (QED) is 0.0839. The normalized spacial score (nSPS) is 13.3. The molecule has 0 amide bonds. The van der Waals surface area contributed by atoms with Crippen molar-refractivity contribution in [3.05, 3.63) is 66.8 Å². The van der Waals surface area contributed by atoms with Gasteiger partial charge in [0.1, 0.15) is 0 Å². The van der Waals surface area contributed by atoms with E-state index in [2.05, 4.69) is 41.5 Å². The molecule has 0 radical (unpaired) electrons. The van der Waals surface area contributed by atoms with Crippen molar-refractivity contribution in [1.82, 2.24) is 0 Å². The van der Waals surface area contributed by atoms with E-state index in [1.807, 2.05) is 78.6 Å². The summed E-state index contributed by atoms with van der Waals surface area (Å²) in [6.45, 7) is 37.3. The third kappa shape index (κ3) is 16.4. The van der Waals surface area contributed by atoms with Crippen LogP contribution in [0.1, 0.15) is 108 Å². The molecule has 2 rings (SSSR count). The zero-order chi connectivity index (χ0) is 42.4. The lowest BCUT2D eigenvalue weighted by atomic mass is 9.85. The van der Waals surface area contributed by atoms with Crippen molar-refractivity contribution in [3.63, 3.8) is 0 Å². The first-order valence-electron chi connectivity index (χ1n) is 20.9. The maximum atomic E-state index is 10.7. The van der Waals surface area contributed by atoms with Crippen LogP contribution in [0, 0.1) is 0 Å². The Hall–Kier alpha value is -0.499. The Balaban J connectivity index is 0.000000540. The van der Waals surface area contributed by atoms with Crippen molar-refractivity contribution in [2.24, 2.45) is 0 Å². The Kier molecular flexibility index (Phi) is 19.1. The minimum Gasteiger partial charge on any atom is -0.432 e. The van der Waals surface area contributed by atoms with Gasteiger partial charge in [-0.1, -0.05) is 41.5 Å². The topological polar surface area (TPSA) is 121 Å². The average molecular weight is 854 g/mol. The fourth-order valence-corrected chi connectivity index (χ4v) is 16.4. The van der Waals surface area contributed by atoms with E-state index >= 15 is 0 Å². The van der Waals surface area contributed by atoms with E-state index in [9.17, 15) is 28.8 Å². The lowest BCUT2D eigenvalue weighted by Crippen LogP contribution is -2.35. The zero-order valence-electron chi connectivity index (χ0n) is 38.2. The molecule has 0 aliphatic carbocycles. The second kappa shape index (κ2) is 20.0. The summed E-state index contributed by atoms with van der Waals surface area (Å²) in [6.07, 6.45) is 5.58. The van der Waals surface area contributed by atoms with E-state index in [1.54, 1.807) is 0 Å². The molecule has 0 aliphatic rings. The van der Waals surface area contributed by atoms with Crippen LogP contribution in [-0.4, -0.2) is 78.7 Å². The van der Waals surface area contributed by atoms with Crippen LogP contribution in [0.15, 0.2) is 0 Å². The third-order valence-electron chi connectivity index (χ3n) is 10.1. The van der Waals surface area contributed by atoms with Gasteiger partial charge in [0.25, 0.3) is 0 Å². The molecule has 6 N–H and O–H groups in total. The second-order valence-electron chi connectivity index (χ2n) is 19.8. The monoisotopic (exact) mass is 852 g/mol. The van der Waals surface area contributed by atoms with Crippen LogP contribution in [0.25, 0.3) is 0 Å². The molecule has 0 bridgehead atoms. The van der Waals surface area contributed by atoms with Crippen LogP contribution in [-0.2, 0) is 74.8 Å². The summed E-state index contributed by atoms with van der Waals surface area (Å²) in [7, 11) is -13.7. The van der Waals surface area contributed by atoms with Crippen LogP contribution in [0.3, 0.4) is 0 Å². The first-order chi connectivity index (χ1) is 24.3. The van der Waals surface area contributed by atoms with Gasteiger partial charge >= 0.3 is 0 Å². The van der Waals surface area contributed by atoms with Crippen LogP contribution in [0.5, 0.6) is 0 Å². The Bertz CT molecular complexity index is 1190. The van der Waals surface area contributed by atoms with Crippen LogP contribution in [0.2, 0.25) is 78.6 Å². The van der Waals surface area contributed by atoms with Crippen LogP contribution in [0.4, 0.5) is 0 Å². The van der Waals surface area contributed by atoms with E-state index in [0.29, 0.717) is 0 Å². The summed E-state index contributed by atoms with van der Waals surface area (Å²) in [6, 6.07) is 4.52. The molecule has 0 unspecified atom stereocenters. The van der Waals surface area contributed by atoms with Crippen molar-refractivity contribution in [3.8, 4) is 0 Å². The van der Waals surface area contributed by atoms with Crippen molar-refractivity contribution in [1.29, 1.82) is 0 Å². The van der Waals surface area contributed by atoms with Crippen molar-refractivity contribution in [2.45, 2.75) is 195 Å². The molecule has 0 spiro atoms. The first kappa shape index (κ1) is 51.5. The highest BCUT2D eigenvalue weighted by Gasteiger charge is 2.33.